The molecule has 56 heavy (non-hydrogen) atoms. The maximum Gasteiger partial charge on any atom is 0.254 e. The standard InChI is InChI=1S/C42H53Cl2N3O8.ClH/c1-45(16-7-8-21-48)38(49)27-54-37-25-29-9-5-6-10-32(29)41(37)13-17-46(18-14-41)19-15-42(31-11-12-33(43)34(44)26-31)28-47(20-22-55-42)40(50)30-23-35(51-2)39(53-4)36(24-30)52-3;/h5-6,9-12,23-24,26,37,48H,7-8,13-22,25,27-28H2,1-4H3;1H/t37-,42+;/m0./s1. The van der Waals surface area contributed by atoms with Gasteiger partial charge in [0.2, 0.25) is 11.7 Å². The maximum atomic E-state index is 14.2. The van der Waals surface area contributed by atoms with Crippen LogP contribution in [0.1, 0.15) is 59.2 Å². The van der Waals surface area contributed by atoms with Gasteiger partial charge in [-0.3, -0.25) is 9.59 Å². The van der Waals surface area contributed by atoms with Crippen LogP contribution >= 0.6 is 35.6 Å². The van der Waals surface area contributed by atoms with Crippen LogP contribution in [0.3, 0.4) is 0 Å². The number of methoxy groups -OCH3 is 3. The Balaban J connectivity index is 0.00000600. The molecule has 2 atom stereocenters. The molecule has 3 aromatic rings. The van der Waals surface area contributed by atoms with Crippen molar-refractivity contribution in [3.63, 3.8) is 0 Å². The van der Waals surface area contributed by atoms with Gasteiger partial charge in [-0.25, -0.2) is 0 Å². The molecule has 0 saturated carbocycles. The third-order valence-electron chi connectivity index (χ3n) is 11.7. The van der Waals surface area contributed by atoms with Crippen LogP contribution in [0.2, 0.25) is 10.0 Å². The Kier molecular flexibility index (Phi) is 15.2. The second-order valence-corrected chi connectivity index (χ2v) is 15.6. The van der Waals surface area contributed by atoms with E-state index in [4.69, 9.17) is 52.0 Å². The monoisotopic (exact) mass is 833 g/mol. The van der Waals surface area contributed by atoms with E-state index in [1.54, 1.807) is 30.1 Å². The fourth-order valence-corrected chi connectivity index (χ4v) is 8.84. The lowest BCUT2D eigenvalue weighted by molar-refractivity contribution is -0.139. The van der Waals surface area contributed by atoms with Gasteiger partial charge in [0.05, 0.1) is 50.6 Å². The zero-order chi connectivity index (χ0) is 39.2. The number of ether oxygens (including phenoxy) is 5. The van der Waals surface area contributed by atoms with E-state index in [1.165, 1.54) is 32.5 Å². The molecule has 3 aliphatic rings. The molecule has 1 aliphatic carbocycles. The number of morpholine rings is 1. The molecule has 14 heteroatoms. The zero-order valence-electron chi connectivity index (χ0n) is 32.7. The predicted octanol–water partition coefficient (Wildman–Crippen LogP) is 6.41. The molecule has 2 heterocycles. The average Bonchev–Trinajstić information content (AvgIpc) is 3.51. The van der Waals surface area contributed by atoms with Crippen molar-refractivity contribution in [2.75, 3.05) is 87.5 Å². The van der Waals surface area contributed by atoms with Gasteiger partial charge in [-0.2, -0.15) is 0 Å². The molecule has 6 rings (SSSR count). The minimum atomic E-state index is -0.840. The van der Waals surface area contributed by atoms with Crippen molar-refractivity contribution in [1.82, 2.24) is 14.7 Å². The van der Waals surface area contributed by atoms with Crippen LogP contribution in [0, 0.1) is 0 Å². The van der Waals surface area contributed by atoms with E-state index in [-0.39, 0.29) is 49.0 Å². The number of amides is 2. The van der Waals surface area contributed by atoms with E-state index >= 15 is 0 Å². The zero-order valence-corrected chi connectivity index (χ0v) is 35.0. The summed E-state index contributed by atoms with van der Waals surface area (Å²) >= 11 is 13.0. The highest BCUT2D eigenvalue weighted by molar-refractivity contribution is 6.42. The van der Waals surface area contributed by atoms with Crippen LogP contribution in [0.5, 0.6) is 17.2 Å². The van der Waals surface area contributed by atoms with Crippen LogP contribution in [0.25, 0.3) is 0 Å². The van der Waals surface area contributed by atoms with E-state index < -0.39 is 5.60 Å². The number of likely N-dealkylation sites (N-methyl/N-ethyl adjacent to an activating group) is 1. The van der Waals surface area contributed by atoms with E-state index in [9.17, 15) is 9.59 Å². The molecule has 2 aliphatic heterocycles. The van der Waals surface area contributed by atoms with E-state index in [1.807, 2.05) is 17.0 Å². The highest BCUT2D eigenvalue weighted by Crippen LogP contribution is 2.48. The maximum absolute atomic E-state index is 14.2. The van der Waals surface area contributed by atoms with Crippen molar-refractivity contribution in [2.24, 2.45) is 0 Å². The SMILES string of the molecule is COc1cc(C(=O)N2CCO[C@@](CCN3CCC4(CC3)c3ccccc3C[C@@H]4OCC(=O)N(C)CCCCO)(c3ccc(Cl)c(Cl)c3)C2)cc(OC)c1OC.Cl. The molecule has 1 N–H and O–H groups in total. The van der Waals surface area contributed by atoms with Crippen LogP contribution in [-0.2, 0) is 31.7 Å². The Hall–Kier alpha value is -3.29. The Morgan fingerprint density at radius 2 is 1.66 bits per heavy atom. The summed E-state index contributed by atoms with van der Waals surface area (Å²) in [5.74, 6) is 1.01. The van der Waals surface area contributed by atoms with Crippen LogP contribution in [0.4, 0.5) is 0 Å². The van der Waals surface area contributed by atoms with Crippen molar-refractivity contribution < 1.29 is 38.4 Å². The summed E-state index contributed by atoms with van der Waals surface area (Å²) in [4.78, 5) is 33.2. The number of unbranched alkanes of at least 4 members (excludes halogenated alkanes) is 1. The lowest BCUT2D eigenvalue weighted by atomic mass is 9.72. The number of carbonyl (C=O) groups is 2. The number of hydrogen-bond acceptors (Lipinski definition) is 9. The number of piperidine rings is 1. The molecule has 0 aromatic heterocycles. The third-order valence-corrected chi connectivity index (χ3v) is 12.5. The summed E-state index contributed by atoms with van der Waals surface area (Å²) in [7, 11) is 6.38. The average molecular weight is 835 g/mol. The Morgan fingerprint density at radius 1 is 0.946 bits per heavy atom. The molecule has 0 bridgehead atoms. The Bertz CT molecular complexity index is 1800. The van der Waals surface area contributed by atoms with Gasteiger partial charge in [0.1, 0.15) is 12.2 Å². The number of carbonyl (C=O) groups excluding carboxylic acids is 2. The number of halogens is 3. The summed E-state index contributed by atoms with van der Waals surface area (Å²) in [6.45, 7) is 4.22. The minimum Gasteiger partial charge on any atom is -0.493 e. The second-order valence-electron chi connectivity index (χ2n) is 14.8. The summed E-state index contributed by atoms with van der Waals surface area (Å²) in [5, 5.41) is 10.0. The van der Waals surface area contributed by atoms with Crippen molar-refractivity contribution in [1.29, 1.82) is 0 Å². The molecular formula is C42H54Cl3N3O8. The summed E-state index contributed by atoms with van der Waals surface area (Å²) in [5.41, 5.74) is 2.87. The lowest BCUT2D eigenvalue weighted by Crippen LogP contribution is -2.54. The first-order valence-corrected chi connectivity index (χ1v) is 19.8. The molecular weight excluding hydrogens is 781 g/mol. The fraction of sp³-hybridized carbons (Fsp3) is 0.524. The van der Waals surface area contributed by atoms with Crippen molar-refractivity contribution >= 4 is 47.4 Å². The summed E-state index contributed by atoms with van der Waals surface area (Å²) in [6, 6.07) is 17.5. The first kappa shape index (κ1) is 43.8. The molecule has 2 amide bonds. The number of likely N-dealkylation sites (tertiary alicyclic amines) is 1. The quantitative estimate of drug-likeness (QED) is 0.174. The van der Waals surface area contributed by atoms with Gasteiger partial charge in [0, 0.05) is 44.3 Å². The number of hydrogen-bond donors (Lipinski definition) is 1. The molecule has 2 saturated heterocycles. The van der Waals surface area contributed by atoms with E-state index in [0.29, 0.717) is 71.9 Å². The predicted molar refractivity (Wildman–Crippen MR) is 219 cm³/mol. The van der Waals surface area contributed by atoms with Crippen LogP contribution < -0.4 is 14.2 Å². The fourth-order valence-electron chi connectivity index (χ4n) is 8.54. The second kappa shape index (κ2) is 19.4. The van der Waals surface area contributed by atoms with Gasteiger partial charge in [-0.15, -0.1) is 12.4 Å². The van der Waals surface area contributed by atoms with Gasteiger partial charge in [0.25, 0.3) is 5.91 Å². The number of aliphatic hydroxyl groups excluding tert-OH is 1. The molecule has 0 radical (unpaired) electrons. The van der Waals surface area contributed by atoms with Gasteiger partial charge < -0.3 is 43.5 Å². The minimum absolute atomic E-state index is 0. The summed E-state index contributed by atoms with van der Waals surface area (Å²) in [6.07, 6.45) is 4.50. The van der Waals surface area contributed by atoms with Crippen molar-refractivity contribution in [3.05, 3.63) is 86.9 Å². The Labute approximate surface area is 346 Å². The first-order chi connectivity index (χ1) is 26.6. The number of aliphatic hydroxyl groups is 1. The molecule has 3 aromatic carbocycles. The van der Waals surface area contributed by atoms with Crippen molar-refractivity contribution in [2.45, 2.75) is 55.6 Å². The highest BCUT2D eigenvalue weighted by atomic mass is 35.5. The topological polar surface area (TPSA) is 110 Å². The Morgan fingerprint density at radius 3 is 2.32 bits per heavy atom. The smallest absolute Gasteiger partial charge is 0.254 e. The number of fused-ring (bicyclic) bond motifs is 2. The number of rotatable bonds is 15. The van der Waals surface area contributed by atoms with Crippen LogP contribution in [-0.4, -0.2) is 125 Å². The van der Waals surface area contributed by atoms with Gasteiger partial charge in [0.15, 0.2) is 11.5 Å². The highest BCUT2D eigenvalue weighted by Gasteiger charge is 2.49. The lowest BCUT2D eigenvalue weighted by Gasteiger charge is -2.46. The van der Waals surface area contributed by atoms with Gasteiger partial charge >= 0.3 is 0 Å². The van der Waals surface area contributed by atoms with E-state index in [0.717, 1.165) is 50.9 Å². The first-order valence-electron chi connectivity index (χ1n) is 19.0. The molecule has 1 spiro atoms. The molecule has 11 nitrogen and oxygen atoms in total. The number of nitrogens with zero attached hydrogens (tertiary/aromatic N) is 3. The normalized spacial score (nSPS) is 20.3. The molecule has 0 unspecified atom stereocenters. The molecule has 2 fully saturated rings. The van der Waals surface area contributed by atoms with Gasteiger partial charge in [-0.1, -0.05) is 53.5 Å². The van der Waals surface area contributed by atoms with Crippen molar-refractivity contribution in [3.8, 4) is 17.2 Å². The summed E-state index contributed by atoms with van der Waals surface area (Å²) < 4.78 is 29.8. The van der Waals surface area contributed by atoms with Crippen LogP contribution in [0.15, 0.2) is 54.6 Å². The van der Waals surface area contributed by atoms with Gasteiger partial charge in [-0.05, 0) is 92.6 Å². The number of benzene rings is 3. The van der Waals surface area contributed by atoms with E-state index in [2.05, 4.69) is 29.2 Å². The third kappa shape index (κ3) is 9.20. The molecule has 306 valence electrons. The largest absolute Gasteiger partial charge is 0.493 e.